The van der Waals surface area contributed by atoms with Crippen LogP contribution in [-0.4, -0.2) is 11.7 Å². The lowest BCUT2D eigenvalue weighted by Crippen LogP contribution is -2.03. The molecule has 0 saturated heterocycles. The fourth-order valence-electron chi connectivity index (χ4n) is 1.16. The van der Waals surface area contributed by atoms with Gasteiger partial charge in [0.15, 0.2) is 0 Å². The number of nitrogens with two attached hydrogens (primary N) is 1. The molecule has 3 N–H and O–H groups in total. The summed E-state index contributed by atoms with van der Waals surface area (Å²) in [4.78, 5) is 4.44. The van der Waals surface area contributed by atoms with Gasteiger partial charge in [0.25, 0.3) is 0 Å². The molecule has 1 rings (SSSR count). The molecule has 66 valence electrons. The maximum atomic E-state index is 9.22. The van der Waals surface area contributed by atoms with Crippen molar-refractivity contribution < 1.29 is 9.94 Å². The normalized spacial score (nSPS) is 10.2. The standard InChI is InChI=1S/C9H13NO2/c1-7-4-8(2-3-12-10)6-9(11)5-7/h4-6,11H,2-3,10H2,1H3. The van der Waals surface area contributed by atoms with Crippen molar-refractivity contribution in [3.8, 4) is 5.75 Å². The molecule has 0 aliphatic rings. The third kappa shape index (κ3) is 2.53. The lowest BCUT2D eigenvalue weighted by molar-refractivity contribution is 0.141. The van der Waals surface area contributed by atoms with E-state index in [1.165, 1.54) is 0 Å². The molecule has 1 aromatic carbocycles. The van der Waals surface area contributed by atoms with Crippen molar-refractivity contribution in [3.63, 3.8) is 0 Å². The highest BCUT2D eigenvalue weighted by molar-refractivity contribution is 5.32. The molecule has 0 amide bonds. The summed E-state index contributed by atoms with van der Waals surface area (Å²) < 4.78 is 0. The van der Waals surface area contributed by atoms with Crippen molar-refractivity contribution in [1.82, 2.24) is 0 Å². The topological polar surface area (TPSA) is 55.5 Å². The fraction of sp³-hybridized carbons (Fsp3) is 0.333. The first-order chi connectivity index (χ1) is 5.72. The van der Waals surface area contributed by atoms with Gasteiger partial charge in [-0.15, -0.1) is 0 Å². The summed E-state index contributed by atoms with van der Waals surface area (Å²) in [5.74, 6) is 5.18. The van der Waals surface area contributed by atoms with Crippen LogP contribution in [0.5, 0.6) is 5.75 Å². The number of rotatable bonds is 3. The van der Waals surface area contributed by atoms with E-state index in [0.29, 0.717) is 12.4 Å². The van der Waals surface area contributed by atoms with Crippen LogP contribution in [0.2, 0.25) is 0 Å². The Morgan fingerprint density at radius 2 is 2.17 bits per heavy atom. The van der Waals surface area contributed by atoms with Crippen molar-refractivity contribution >= 4 is 0 Å². The zero-order valence-electron chi connectivity index (χ0n) is 7.08. The Labute approximate surface area is 71.7 Å². The van der Waals surface area contributed by atoms with Gasteiger partial charge in [-0.3, -0.25) is 0 Å². The number of phenols is 1. The van der Waals surface area contributed by atoms with Gasteiger partial charge in [0.05, 0.1) is 6.61 Å². The fourth-order valence-corrected chi connectivity index (χ4v) is 1.16. The quantitative estimate of drug-likeness (QED) is 0.663. The minimum atomic E-state index is 0.294. The second kappa shape index (κ2) is 4.09. The van der Waals surface area contributed by atoms with Crippen molar-refractivity contribution in [1.29, 1.82) is 0 Å². The van der Waals surface area contributed by atoms with Crippen LogP contribution >= 0.6 is 0 Å². The van der Waals surface area contributed by atoms with Gasteiger partial charge in [-0.1, -0.05) is 6.07 Å². The largest absolute Gasteiger partial charge is 0.508 e. The van der Waals surface area contributed by atoms with Crippen LogP contribution in [0.4, 0.5) is 0 Å². The van der Waals surface area contributed by atoms with E-state index in [1.54, 1.807) is 12.1 Å². The zero-order chi connectivity index (χ0) is 8.97. The molecule has 0 unspecified atom stereocenters. The van der Waals surface area contributed by atoms with Gasteiger partial charge in [-0.05, 0) is 36.6 Å². The minimum absolute atomic E-state index is 0.294. The molecule has 12 heavy (non-hydrogen) atoms. The highest BCUT2D eigenvalue weighted by atomic mass is 16.6. The summed E-state index contributed by atoms with van der Waals surface area (Å²) in [6, 6.07) is 5.43. The maximum absolute atomic E-state index is 9.22. The van der Waals surface area contributed by atoms with Gasteiger partial charge < -0.3 is 9.94 Å². The molecule has 1 aromatic rings. The minimum Gasteiger partial charge on any atom is -0.508 e. The van der Waals surface area contributed by atoms with Crippen LogP contribution in [0, 0.1) is 6.92 Å². The van der Waals surface area contributed by atoms with Gasteiger partial charge >= 0.3 is 0 Å². The van der Waals surface area contributed by atoms with E-state index in [4.69, 9.17) is 5.90 Å². The third-order valence-corrected chi connectivity index (χ3v) is 1.63. The summed E-state index contributed by atoms with van der Waals surface area (Å²) in [5.41, 5.74) is 2.08. The number of hydrogen-bond acceptors (Lipinski definition) is 3. The number of phenolic OH excluding ortho intramolecular Hbond substituents is 1. The summed E-state index contributed by atoms with van der Waals surface area (Å²) in [6.07, 6.45) is 0.728. The van der Waals surface area contributed by atoms with E-state index in [2.05, 4.69) is 4.84 Å². The highest BCUT2D eigenvalue weighted by Gasteiger charge is 1.96. The van der Waals surface area contributed by atoms with Crippen molar-refractivity contribution in [2.75, 3.05) is 6.61 Å². The van der Waals surface area contributed by atoms with Crippen LogP contribution in [0.25, 0.3) is 0 Å². The van der Waals surface area contributed by atoms with E-state index >= 15 is 0 Å². The van der Waals surface area contributed by atoms with E-state index in [0.717, 1.165) is 17.5 Å². The van der Waals surface area contributed by atoms with Gasteiger partial charge in [0, 0.05) is 0 Å². The predicted molar refractivity (Wildman–Crippen MR) is 46.7 cm³/mol. The summed E-state index contributed by atoms with van der Waals surface area (Å²) in [7, 11) is 0. The summed E-state index contributed by atoms with van der Waals surface area (Å²) >= 11 is 0. The molecule has 0 bridgehead atoms. The molecule has 0 aliphatic heterocycles. The number of hydrogen-bond donors (Lipinski definition) is 2. The van der Waals surface area contributed by atoms with Crippen LogP contribution < -0.4 is 5.90 Å². The van der Waals surface area contributed by atoms with Crippen LogP contribution in [0.15, 0.2) is 18.2 Å². The number of aryl methyl sites for hydroxylation is 1. The van der Waals surface area contributed by atoms with Crippen molar-refractivity contribution in [2.24, 2.45) is 5.90 Å². The molecule has 0 aromatic heterocycles. The Hall–Kier alpha value is -1.06. The van der Waals surface area contributed by atoms with Gasteiger partial charge in [-0.25, -0.2) is 5.90 Å². The second-order valence-electron chi connectivity index (χ2n) is 2.80. The molecule has 0 radical (unpaired) electrons. The van der Waals surface area contributed by atoms with E-state index in [1.807, 2.05) is 13.0 Å². The van der Waals surface area contributed by atoms with Gasteiger partial charge in [0.1, 0.15) is 5.75 Å². The molecule has 0 heterocycles. The Balaban J connectivity index is 2.72. The second-order valence-corrected chi connectivity index (χ2v) is 2.80. The molecular formula is C9H13NO2. The van der Waals surface area contributed by atoms with E-state index in [9.17, 15) is 5.11 Å². The molecule has 0 spiro atoms. The molecule has 0 fully saturated rings. The Kier molecular flexibility index (Phi) is 3.08. The predicted octanol–water partition coefficient (Wildman–Crippen LogP) is 1.13. The first-order valence-corrected chi connectivity index (χ1v) is 3.83. The Bertz CT molecular complexity index is 240. The van der Waals surface area contributed by atoms with Crippen LogP contribution in [0.1, 0.15) is 11.1 Å². The van der Waals surface area contributed by atoms with Crippen molar-refractivity contribution in [3.05, 3.63) is 29.3 Å². The van der Waals surface area contributed by atoms with Gasteiger partial charge in [-0.2, -0.15) is 0 Å². The SMILES string of the molecule is Cc1cc(O)cc(CCON)c1. The average molecular weight is 167 g/mol. The first-order valence-electron chi connectivity index (χ1n) is 3.83. The van der Waals surface area contributed by atoms with E-state index < -0.39 is 0 Å². The molecular weight excluding hydrogens is 154 g/mol. The lowest BCUT2D eigenvalue weighted by Gasteiger charge is -2.02. The average Bonchev–Trinajstić information content (AvgIpc) is 1.99. The molecule has 0 saturated carbocycles. The van der Waals surface area contributed by atoms with Crippen LogP contribution in [-0.2, 0) is 11.3 Å². The number of benzene rings is 1. The van der Waals surface area contributed by atoms with Crippen molar-refractivity contribution in [2.45, 2.75) is 13.3 Å². The summed E-state index contributed by atoms with van der Waals surface area (Å²) in [5, 5.41) is 9.22. The van der Waals surface area contributed by atoms with Crippen LogP contribution in [0.3, 0.4) is 0 Å². The Morgan fingerprint density at radius 1 is 1.42 bits per heavy atom. The lowest BCUT2D eigenvalue weighted by atomic mass is 10.1. The first kappa shape index (κ1) is 9.03. The molecule has 3 nitrogen and oxygen atoms in total. The summed E-state index contributed by atoms with van der Waals surface area (Å²) in [6.45, 7) is 2.41. The molecule has 0 atom stereocenters. The molecule has 3 heteroatoms. The van der Waals surface area contributed by atoms with Gasteiger partial charge in [0.2, 0.25) is 0 Å². The molecule has 0 aliphatic carbocycles. The zero-order valence-corrected chi connectivity index (χ0v) is 7.08. The third-order valence-electron chi connectivity index (χ3n) is 1.63. The maximum Gasteiger partial charge on any atom is 0.116 e. The smallest absolute Gasteiger partial charge is 0.116 e. The Morgan fingerprint density at radius 3 is 2.75 bits per heavy atom. The monoisotopic (exact) mass is 167 g/mol. The number of aromatic hydroxyl groups is 1. The highest BCUT2D eigenvalue weighted by Crippen LogP contribution is 2.15. The van der Waals surface area contributed by atoms with E-state index in [-0.39, 0.29) is 0 Å².